The Bertz CT molecular complexity index is 692. The summed E-state index contributed by atoms with van der Waals surface area (Å²) >= 11 is 0. The molecule has 3 nitrogen and oxygen atoms in total. The second kappa shape index (κ2) is 5.91. The molecule has 122 valence electrons. The third-order valence-corrected chi connectivity index (χ3v) is 3.14. The molecular weight excluding hydrogens is 314 g/mol. The van der Waals surface area contributed by atoms with Crippen LogP contribution < -0.4 is 10.5 Å². The number of halogens is 4. The summed E-state index contributed by atoms with van der Waals surface area (Å²) in [6.07, 6.45) is 0. The van der Waals surface area contributed by atoms with Crippen LogP contribution in [0.1, 0.15) is 22.8 Å². The molecule has 0 aliphatic heterocycles. The molecule has 2 N–H and O–H groups in total. The first-order chi connectivity index (χ1) is 10.6. The van der Waals surface area contributed by atoms with Crippen molar-refractivity contribution in [3.05, 3.63) is 59.7 Å². The Morgan fingerprint density at radius 2 is 1.35 bits per heavy atom. The average molecular weight is 327 g/mol. The molecule has 0 aliphatic carbocycles. The van der Waals surface area contributed by atoms with Crippen molar-refractivity contribution in [3.8, 4) is 11.5 Å². The normalized spacial score (nSPS) is 12.0. The SMILES string of the molecule is CC(F)(F)C(F)(F)c1ccc(Oc2ccc(C(N)=O)cc2)cc1. The Morgan fingerprint density at radius 3 is 1.74 bits per heavy atom. The molecule has 0 atom stereocenters. The molecule has 0 fully saturated rings. The standard InChI is InChI=1S/C16H13F4NO2/c1-15(17,18)16(19,20)11-4-8-13(9-5-11)23-12-6-2-10(3-7-12)14(21)22/h2-9H,1H3,(H2,21,22). The molecule has 1 amide bonds. The molecule has 0 aromatic heterocycles. The van der Waals surface area contributed by atoms with Gasteiger partial charge in [-0.15, -0.1) is 0 Å². The number of benzene rings is 2. The van der Waals surface area contributed by atoms with Crippen LogP contribution in [0.4, 0.5) is 17.6 Å². The van der Waals surface area contributed by atoms with Crippen LogP contribution >= 0.6 is 0 Å². The van der Waals surface area contributed by atoms with Crippen LogP contribution in [0.5, 0.6) is 11.5 Å². The number of carbonyl (C=O) groups is 1. The molecule has 7 heteroatoms. The summed E-state index contributed by atoms with van der Waals surface area (Å²) < 4.78 is 58.2. The van der Waals surface area contributed by atoms with Gasteiger partial charge in [0.25, 0.3) is 0 Å². The molecule has 0 aliphatic rings. The van der Waals surface area contributed by atoms with Crippen molar-refractivity contribution in [1.29, 1.82) is 0 Å². The minimum absolute atomic E-state index is 0.164. The first-order valence-corrected chi connectivity index (χ1v) is 6.55. The van der Waals surface area contributed by atoms with Gasteiger partial charge in [0.15, 0.2) is 0 Å². The molecule has 0 heterocycles. The Hall–Kier alpha value is -2.57. The fraction of sp³-hybridized carbons (Fsp3) is 0.188. The third kappa shape index (κ3) is 3.61. The predicted molar refractivity (Wildman–Crippen MR) is 76.0 cm³/mol. The van der Waals surface area contributed by atoms with Crippen molar-refractivity contribution >= 4 is 5.91 Å². The van der Waals surface area contributed by atoms with E-state index < -0.39 is 23.3 Å². The van der Waals surface area contributed by atoms with E-state index in [9.17, 15) is 22.4 Å². The van der Waals surface area contributed by atoms with Crippen LogP contribution in [-0.2, 0) is 5.92 Å². The van der Waals surface area contributed by atoms with Crippen LogP contribution in [0.15, 0.2) is 48.5 Å². The first kappa shape index (κ1) is 16.8. The highest BCUT2D eigenvalue weighted by molar-refractivity contribution is 5.92. The van der Waals surface area contributed by atoms with Gasteiger partial charge in [0.1, 0.15) is 11.5 Å². The fourth-order valence-electron chi connectivity index (χ4n) is 1.81. The molecule has 0 radical (unpaired) electrons. The van der Waals surface area contributed by atoms with Crippen molar-refractivity contribution in [1.82, 2.24) is 0 Å². The van der Waals surface area contributed by atoms with Gasteiger partial charge < -0.3 is 10.5 Å². The summed E-state index contributed by atoms with van der Waals surface area (Å²) in [5.74, 6) is -8.50. The van der Waals surface area contributed by atoms with Gasteiger partial charge in [0, 0.05) is 18.1 Å². The van der Waals surface area contributed by atoms with E-state index in [1.807, 2.05) is 0 Å². The highest BCUT2D eigenvalue weighted by Gasteiger charge is 2.53. The Balaban J connectivity index is 2.16. The number of hydrogen-bond donors (Lipinski definition) is 1. The van der Waals surface area contributed by atoms with E-state index in [2.05, 4.69) is 0 Å². The van der Waals surface area contributed by atoms with E-state index in [0.717, 1.165) is 24.3 Å². The van der Waals surface area contributed by atoms with E-state index in [1.165, 1.54) is 24.3 Å². The van der Waals surface area contributed by atoms with Gasteiger partial charge in [-0.05, 0) is 48.5 Å². The third-order valence-electron chi connectivity index (χ3n) is 3.14. The molecule has 0 spiro atoms. The van der Waals surface area contributed by atoms with Gasteiger partial charge >= 0.3 is 11.8 Å². The molecule has 0 bridgehead atoms. The highest BCUT2D eigenvalue weighted by atomic mass is 19.3. The van der Waals surface area contributed by atoms with Crippen molar-refractivity contribution in [2.45, 2.75) is 18.8 Å². The predicted octanol–water partition coefficient (Wildman–Crippen LogP) is 4.32. The Morgan fingerprint density at radius 1 is 0.913 bits per heavy atom. The van der Waals surface area contributed by atoms with Gasteiger partial charge in [-0.1, -0.05) is 0 Å². The smallest absolute Gasteiger partial charge is 0.335 e. The number of ether oxygens (including phenoxy) is 1. The lowest BCUT2D eigenvalue weighted by molar-refractivity contribution is -0.204. The van der Waals surface area contributed by atoms with Gasteiger partial charge in [0.2, 0.25) is 5.91 Å². The number of hydrogen-bond acceptors (Lipinski definition) is 2. The number of rotatable bonds is 5. The van der Waals surface area contributed by atoms with Crippen LogP contribution in [-0.4, -0.2) is 11.8 Å². The maximum atomic E-state index is 13.5. The molecule has 0 unspecified atom stereocenters. The molecular formula is C16H13F4NO2. The van der Waals surface area contributed by atoms with Gasteiger partial charge in [-0.2, -0.15) is 17.6 Å². The van der Waals surface area contributed by atoms with E-state index in [0.29, 0.717) is 5.75 Å². The number of amides is 1. The second-order valence-corrected chi connectivity index (χ2v) is 4.98. The Labute approximate surface area is 129 Å². The number of primary amides is 1. The molecule has 2 aromatic carbocycles. The zero-order valence-electron chi connectivity index (χ0n) is 12.0. The second-order valence-electron chi connectivity index (χ2n) is 4.98. The summed E-state index contributed by atoms with van der Waals surface area (Å²) in [4.78, 5) is 10.9. The van der Waals surface area contributed by atoms with E-state index in [4.69, 9.17) is 10.5 Å². The van der Waals surface area contributed by atoms with Gasteiger partial charge in [0.05, 0.1) is 0 Å². The van der Waals surface area contributed by atoms with Crippen LogP contribution in [0.2, 0.25) is 0 Å². The Kier molecular flexibility index (Phi) is 4.31. The van der Waals surface area contributed by atoms with E-state index >= 15 is 0 Å². The van der Waals surface area contributed by atoms with E-state index in [1.54, 1.807) is 0 Å². The number of carbonyl (C=O) groups excluding carboxylic acids is 1. The summed E-state index contributed by atoms with van der Waals surface area (Å²) in [7, 11) is 0. The number of nitrogens with two attached hydrogens (primary N) is 1. The van der Waals surface area contributed by atoms with Gasteiger partial charge in [-0.25, -0.2) is 0 Å². The summed E-state index contributed by atoms with van der Waals surface area (Å²) in [6, 6.07) is 9.92. The molecule has 2 rings (SSSR count). The molecule has 0 saturated heterocycles. The lowest BCUT2D eigenvalue weighted by Gasteiger charge is -2.23. The van der Waals surface area contributed by atoms with Crippen molar-refractivity contribution < 1.29 is 27.1 Å². The lowest BCUT2D eigenvalue weighted by Crippen LogP contribution is -2.34. The summed E-state index contributed by atoms with van der Waals surface area (Å²) in [6.45, 7) is 0.164. The summed E-state index contributed by atoms with van der Waals surface area (Å²) in [5.41, 5.74) is 4.58. The maximum absolute atomic E-state index is 13.5. The monoisotopic (exact) mass is 327 g/mol. The quantitative estimate of drug-likeness (QED) is 0.831. The zero-order chi connectivity index (χ0) is 17.3. The summed E-state index contributed by atoms with van der Waals surface area (Å²) in [5, 5.41) is 0. The first-order valence-electron chi connectivity index (χ1n) is 6.55. The minimum atomic E-state index is -4.27. The zero-order valence-corrected chi connectivity index (χ0v) is 12.0. The largest absolute Gasteiger partial charge is 0.457 e. The molecule has 23 heavy (non-hydrogen) atoms. The molecule has 0 saturated carbocycles. The molecule has 2 aromatic rings. The lowest BCUT2D eigenvalue weighted by atomic mass is 10.0. The van der Waals surface area contributed by atoms with Crippen LogP contribution in [0, 0.1) is 0 Å². The van der Waals surface area contributed by atoms with Crippen molar-refractivity contribution in [3.63, 3.8) is 0 Å². The van der Waals surface area contributed by atoms with E-state index in [-0.39, 0.29) is 18.2 Å². The van der Waals surface area contributed by atoms with Crippen LogP contribution in [0.3, 0.4) is 0 Å². The fourth-order valence-corrected chi connectivity index (χ4v) is 1.81. The average Bonchev–Trinajstić information content (AvgIpc) is 2.47. The topological polar surface area (TPSA) is 52.3 Å². The van der Waals surface area contributed by atoms with Crippen molar-refractivity contribution in [2.75, 3.05) is 0 Å². The number of alkyl halides is 4. The van der Waals surface area contributed by atoms with Gasteiger partial charge in [-0.3, -0.25) is 4.79 Å². The maximum Gasteiger partial charge on any atom is 0.335 e. The highest BCUT2D eigenvalue weighted by Crippen LogP contribution is 2.42. The van der Waals surface area contributed by atoms with Crippen molar-refractivity contribution in [2.24, 2.45) is 5.73 Å². The minimum Gasteiger partial charge on any atom is -0.457 e. The van der Waals surface area contributed by atoms with Crippen LogP contribution in [0.25, 0.3) is 0 Å².